The molecule has 21 heavy (non-hydrogen) atoms. The molecular formula is C16H27N3O2. The summed E-state index contributed by atoms with van der Waals surface area (Å²) in [7, 11) is 1.70. The Morgan fingerprint density at radius 1 is 1.52 bits per heavy atom. The van der Waals surface area contributed by atoms with Crippen molar-refractivity contribution in [3.63, 3.8) is 0 Å². The minimum atomic E-state index is -0.231. The van der Waals surface area contributed by atoms with Crippen LogP contribution in [-0.4, -0.2) is 28.4 Å². The number of nitrogens with zero attached hydrogens (tertiary/aromatic N) is 2. The average Bonchev–Trinajstić information content (AvgIpc) is 2.73. The molecule has 118 valence electrons. The second-order valence-corrected chi connectivity index (χ2v) is 6.51. The summed E-state index contributed by atoms with van der Waals surface area (Å²) in [4.78, 5) is 12.2. The second kappa shape index (κ2) is 6.60. The Morgan fingerprint density at radius 2 is 2.24 bits per heavy atom. The van der Waals surface area contributed by atoms with E-state index in [4.69, 9.17) is 4.74 Å². The first-order valence-electron chi connectivity index (χ1n) is 7.83. The minimum Gasteiger partial charge on any atom is -0.378 e. The fourth-order valence-corrected chi connectivity index (χ4v) is 2.69. The molecular weight excluding hydrogens is 266 g/mol. The van der Waals surface area contributed by atoms with E-state index in [-0.39, 0.29) is 11.5 Å². The van der Waals surface area contributed by atoms with Gasteiger partial charge >= 0.3 is 0 Å². The Bertz CT molecular complexity index is 484. The molecule has 1 N–H and O–H groups in total. The molecule has 1 saturated carbocycles. The highest BCUT2D eigenvalue weighted by Gasteiger charge is 2.39. The lowest BCUT2D eigenvalue weighted by molar-refractivity contribution is -0.129. The zero-order valence-electron chi connectivity index (χ0n) is 13.6. The third-order valence-corrected chi connectivity index (χ3v) is 4.48. The molecule has 1 aliphatic carbocycles. The molecule has 1 fully saturated rings. The Labute approximate surface area is 127 Å². The van der Waals surface area contributed by atoms with Crippen LogP contribution in [0.4, 0.5) is 5.69 Å². The van der Waals surface area contributed by atoms with E-state index in [0.717, 1.165) is 43.6 Å². The topological polar surface area (TPSA) is 56.1 Å². The largest absolute Gasteiger partial charge is 0.378 e. The van der Waals surface area contributed by atoms with E-state index in [1.165, 1.54) is 0 Å². The molecule has 0 aliphatic heterocycles. The van der Waals surface area contributed by atoms with Crippen LogP contribution in [0.1, 0.15) is 51.6 Å². The smallest absolute Gasteiger partial charge is 0.227 e. The van der Waals surface area contributed by atoms with Crippen LogP contribution in [0.2, 0.25) is 0 Å². The fraction of sp³-hybridized carbons (Fsp3) is 0.750. The maximum absolute atomic E-state index is 12.2. The van der Waals surface area contributed by atoms with Gasteiger partial charge in [0.1, 0.15) is 0 Å². The van der Waals surface area contributed by atoms with E-state index < -0.39 is 0 Å². The van der Waals surface area contributed by atoms with Crippen LogP contribution in [0.15, 0.2) is 6.20 Å². The fourth-order valence-electron chi connectivity index (χ4n) is 2.69. The van der Waals surface area contributed by atoms with Crippen molar-refractivity contribution in [1.29, 1.82) is 0 Å². The van der Waals surface area contributed by atoms with Gasteiger partial charge in [0.2, 0.25) is 5.91 Å². The molecule has 1 aromatic rings. The molecule has 1 aliphatic rings. The van der Waals surface area contributed by atoms with E-state index in [1.54, 1.807) is 13.3 Å². The highest BCUT2D eigenvalue weighted by molar-refractivity contribution is 5.91. The number of rotatable bonds is 7. The first-order chi connectivity index (χ1) is 9.96. The quantitative estimate of drug-likeness (QED) is 0.840. The highest BCUT2D eigenvalue weighted by atomic mass is 16.5. The van der Waals surface area contributed by atoms with Gasteiger partial charge in [0.25, 0.3) is 0 Å². The Morgan fingerprint density at radius 3 is 2.76 bits per heavy atom. The predicted molar refractivity (Wildman–Crippen MR) is 83.3 cm³/mol. The number of ether oxygens (including phenoxy) is 1. The van der Waals surface area contributed by atoms with E-state index in [2.05, 4.69) is 24.3 Å². The number of anilines is 1. The van der Waals surface area contributed by atoms with Crippen molar-refractivity contribution in [2.24, 2.45) is 5.92 Å². The van der Waals surface area contributed by atoms with Gasteiger partial charge in [-0.3, -0.25) is 9.48 Å². The Balaban J connectivity index is 1.92. The van der Waals surface area contributed by atoms with Crippen molar-refractivity contribution in [3.8, 4) is 0 Å². The first-order valence-corrected chi connectivity index (χ1v) is 7.83. The number of aromatic nitrogens is 2. The van der Waals surface area contributed by atoms with Crippen LogP contribution in [0.5, 0.6) is 0 Å². The van der Waals surface area contributed by atoms with Crippen molar-refractivity contribution < 1.29 is 9.53 Å². The van der Waals surface area contributed by atoms with Crippen molar-refractivity contribution >= 4 is 11.6 Å². The summed E-state index contributed by atoms with van der Waals surface area (Å²) in [6.07, 6.45) is 6.36. The lowest BCUT2D eigenvalue weighted by Crippen LogP contribution is -2.42. The maximum Gasteiger partial charge on any atom is 0.227 e. The van der Waals surface area contributed by atoms with Crippen molar-refractivity contribution in [2.75, 3.05) is 12.4 Å². The van der Waals surface area contributed by atoms with Crippen LogP contribution in [-0.2, 0) is 16.1 Å². The minimum absolute atomic E-state index is 0.0167. The van der Waals surface area contributed by atoms with E-state index in [9.17, 15) is 4.79 Å². The number of aryl methyl sites for hydroxylation is 1. The Hall–Kier alpha value is -1.36. The summed E-state index contributed by atoms with van der Waals surface area (Å²) in [6.45, 7) is 7.29. The number of carbonyl (C=O) groups is 1. The summed E-state index contributed by atoms with van der Waals surface area (Å²) in [5.41, 5.74) is 1.60. The van der Waals surface area contributed by atoms with Crippen LogP contribution in [0, 0.1) is 12.8 Å². The second-order valence-electron chi connectivity index (χ2n) is 6.51. The van der Waals surface area contributed by atoms with Gasteiger partial charge in [-0.05, 0) is 38.5 Å². The van der Waals surface area contributed by atoms with E-state index in [0.29, 0.717) is 12.3 Å². The monoisotopic (exact) mass is 293 g/mol. The Kier molecular flexibility index (Phi) is 5.04. The van der Waals surface area contributed by atoms with Gasteiger partial charge in [-0.2, -0.15) is 5.10 Å². The van der Waals surface area contributed by atoms with Gasteiger partial charge < -0.3 is 10.1 Å². The van der Waals surface area contributed by atoms with E-state index in [1.807, 2.05) is 11.6 Å². The lowest BCUT2D eigenvalue weighted by Gasteiger charge is -2.39. The molecule has 0 spiro atoms. The molecule has 0 bridgehead atoms. The molecule has 5 nitrogen and oxygen atoms in total. The first kappa shape index (κ1) is 16.0. The molecule has 1 heterocycles. The molecule has 0 unspecified atom stereocenters. The standard InChI is InChI=1S/C16H27N3O2/c1-12(2)6-9-19-13(3)14(11-17-19)18-15(20)10-16(21-4)7-5-8-16/h11-12H,5-10H2,1-4H3,(H,18,20). The highest BCUT2D eigenvalue weighted by Crippen LogP contribution is 2.38. The molecule has 5 heteroatoms. The summed E-state index contributed by atoms with van der Waals surface area (Å²) >= 11 is 0. The number of nitrogens with one attached hydrogen (secondary N) is 1. The van der Waals surface area contributed by atoms with Crippen LogP contribution >= 0.6 is 0 Å². The number of amides is 1. The number of methoxy groups -OCH3 is 1. The SMILES string of the molecule is COC1(CC(=O)Nc2cnn(CCC(C)C)c2C)CCC1. The predicted octanol–water partition coefficient (Wildman–Crippen LogP) is 3.14. The van der Waals surface area contributed by atoms with Gasteiger partial charge in [0.05, 0.1) is 29.6 Å². The summed E-state index contributed by atoms with van der Waals surface area (Å²) < 4.78 is 7.46. The molecule has 0 saturated heterocycles. The maximum atomic E-state index is 12.2. The molecule has 0 aromatic carbocycles. The van der Waals surface area contributed by atoms with Crippen molar-refractivity contribution in [1.82, 2.24) is 9.78 Å². The number of carbonyl (C=O) groups excluding carboxylic acids is 1. The van der Waals surface area contributed by atoms with Gasteiger partial charge in [0, 0.05) is 13.7 Å². The number of hydrogen-bond acceptors (Lipinski definition) is 3. The average molecular weight is 293 g/mol. The van der Waals surface area contributed by atoms with Crippen LogP contribution in [0.3, 0.4) is 0 Å². The molecule has 1 aromatic heterocycles. The summed E-state index contributed by atoms with van der Waals surface area (Å²) in [6, 6.07) is 0. The van der Waals surface area contributed by atoms with Gasteiger partial charge in [-0.25, -0.2) is 0 Å². The normalized spacial score (nSPS) is 16.8. The van der Waals surface area contributed by atoms with Crippen molar-refractivity contribution in [2.45, 2.75) is 65.0 Å². The zero-order chi connectivity index (χ0) is 15.5. The van der Waals surface area contributed by atoms with Crippen LogP contribution < -0.4 is 5.32 Å². The number of hydrogen-bond donors (Lipinski definition) is 1. The van der Waals surface area contributed by atoms with Gasteiger partial charge in [0.15, 0.2) is 0 Å². The molecule has 0 atom stereocenters. The lowest BCUT2D eigenvalue weighted by atomic mass is 9.77. The van der Waals surface area contributed by atoms with Gasteiger partial charge in [-0.15, -0.1) is 0 Å². The summed E-state index contributed by atoms with van der Waals surface area (Å²) in [5, 5.41) is 7.34. The van der Waals surface area contributed by atoms with Crippen LogP contribution in [0.25, 0.3) is 0 Å². The zero-order valence-corrected chi connectivity index (χ0v) is 13.6. The van der Waals surface area contributed by atoms with Crippen molar-refractivity contribution in [3.05, 3.63) is 11.9 Å². The molecule has 2 rings (SSSR count). The molecule has 0 radical (unpaired) electrons. The van der Waals surface area contributed by atoms with Gasteiger partial charge in [-0.1, -0.05) is 13.8 Å². The third kappa shape index (κ3) is 3.84. The summed E-state index contributed by atoms with van der Waals surface area (Å²) in [5.74, 6) is 0.662. The third-order valence-electron chi connectivity index (χ3n) is 4.48. The van der Waals surface area contributed by atoms with E-state index >= 15 is 0 Å². The molecule has 1 amide bonds.